The van der Waals surface area contributed by atoms with Crippen LogP contribution < -0.4 is 9.47 Å². The van der Waals surface area contributed by atoms with Crippen LogP contribution in [-0.4, -0.2) is 30.6 Å². The molecule has 0 fully saturated rings. The Morgan fingerprint density at radius 3 is 2.46 bits per heavy atom. The molecule has 1 amide bonds. The summed E-state index contributed by atoms with van der Waals surface area (Å²) in [6.45, 7) is 6.36. The molecule has 24 heavy (non-hydrogen) atoms. The Morgan fingerprint density at radius 2 is 1.71 bits per heavy atom. The second kappa shape index (κ2) is 7.39. The van der Waals surface area contributed by atoms with Crippen molar-refractivity contribution < 1.29 is 14.3 Å². The van der Waals surface area contributed by atoms with Crippen LogP contribution in [0, 0.1) is 0 Å². The van der Waals surface area contributed by atoms with Crippen LogP contribution in [-0.2, 0) is 13.0 Å². The molecule has 0 N–H and O–H groups in total. The molecule has 0 bridgehead atoms. The summed E-state index contributed by atoms with van der Waals surface area (Å²) in [6, 6.07) is 13.7. The lowest BCUT2D eigenvalue weighted by Crippen LogP contribution is -2.35. The van der Waals surface area contributed by atoms with Crippen LogP contribution in [0.1, 0.15) is 35.3 Å². The first-order chi connectivity index (χ1) is 11.7. The summed E-state index contributed by atoms with van der Waals surface area (Å²) in [5.74, 6) is 1.34. The fourth-order valence-corrected chi connectivity index (χ4v) is 3.04. The third kappa shape index (κ3) is 3.37. The molecule has 1 aliphatic rings. The van der Waals surface area contributed by atoms with Gasteiger partial charge < -0.3 is 14.4 Å². The lowest BCUT2D eigenvalue weighted by atomic mass is 9.99. The summed E-state index contributed by atoms with van der Waals surface area (Å²) < 4.78 is 11.2. The fourth-order valence-electron chi connectivity index (χ4n) is 3.04. The van der Waals surface area contributed by atoms with Gasteiger partial charge in [-0.05, 0) is 49.6 Å². The smallest absolute Gasteiger partial charge is 0.254 e. The lowest BCUT2D eigenvalue weighted by molar-refractivity contribution is 0.0734. The molecular weight excluding hydrogens is 302 g/mol. The maximum Gasteiger partial charge on any atom is 0.254 e. The van der Waals surface area contributed by atoms with E-state index in [9.17, 15) is 4.79 Å². The summed E-state index contributed by atoms with van der Waals surface area (Å²) in [5, 5.41) is 0. The standard InChI is InChI=1S/C20H23NO3/c1-3-23-18-10-9-16(13-19(18)24-4-2)20(22)21-12-11-15-7-5-6-8-17(15)14-21/h5-10,13H,3-4,11-12,14H2,1-2H3. The van der Waals surface area contributed by atoms with E-state index >= 15 is 0 Å². The largest absolute Gasteiger partial charge is 0.490 e. The SMILES string of the molecule is CCOc1ccc(C(=O)N2CCc3ccccc3C2)cc1OCC. The Bertz CT molecular complexity index is 727. The molecule has 4 heteroatoms. The van der Waals surface area contributed by atoms with Gasteiger partial charge in [-0.2, -0.15) is 0 Å². The minimum absolute atomic E-state index is 0.0357. The molecule has 0 aliphatic carbocycles. The number of benzene rings is 2. The van der Waals surface area contributed by atoms with Crippen molar-refractivity contribution in [2.75, 3.05) is 19.8 Å². The van der Waals surface area contributed by atoms with Crippen molar-refractivity contribution in [3.63, 3.8) is 0 Å². The minimum atomic E-state index is 0.0357. The fraction of sp³-hybridized carbons (Fsp3) is 0.350. The molecule has 4 nitrogen and oxygen atoms in total. The second-order valence-electron chi connectivity index (χ2n) is 5.77. The van der Waals surface area contributed by atoms with Crippen molar-refractivity contribution >= 4 is 5.91 Å². The normalized spacial score (nSPS) is 13.3. The van der Waals surface area contributed by atoms with Gasteiger partial charge in [-0.1, -0.05) is 24.3 Å². The molecule has 3 rings (SSSR count). The summed E-state index contributed by atoms with van der Waals surface area (Å²) in [7, 11) is 0. The first-order valence-corrected chi connectivity index (χ1v) is 8.48. The third-order valence-electron chi connectivity index (χ3n) is 4.21. The number of carbonyl (C=O) groups excluding carboxylic acids is 1. The molecule has 0 saturated carbocycles. The Morgan fingerprint density at radius 1 is 1.00 bits per heavy atom. The van der Waals surface area contributed by atoms with E-state index in [1.165, 1.54) is 11.1 Å². The third-order valence-corrected chi connectivity index (χ3v) is 4.21. The second-order valence-corrected chi connectivity index (χ2v) is 5.77. The van der Waals surface area contributed by atoms with Crippen molar-refractivity contribution in [3.8, 4) is 11.5 Å². The molecule has 1 aliphatic heterocycles. The van der Waals surface area contributed by atoms with Gasteiger partial charge in [-0.15, -0.1) is 0 Å². The van der Waals surface area contributed by atoms with Gasteiger partial charge in [0.25, 0.3) is 5.91 Å². The minimum Gasteiger partial charge on any atom is -0.490 e. The molecule has 1 heterocycles. The van der Waals surface area contributed by atoms with Gasteiger partial charge in [0.05, 0.1) is 13.2 Å². The van der Waals surface area contributed by atoms with Gasteiger partial charge in [0, 0.05) is 18.7 Å². The van der Waals surface area contributed by atoms with E-state index in [0.717, 1.165) is 13.0 Å². The Kier molecular flexibility index (Phi) is 5.04. The predicted molar refractivity (Wildman–Crippen MR) is 93.7 cm³/mol. The van der Waals surface area contributed by atoms with Crippen LogP contribution in [0.3, 0.4) is 0 Å². The maximum absolute atomic E-state index is 12.9. The number of carbonyl (C=O) groups is 1. The van der Waals surface area contributed by atoms with Gasteiger partial charge in [0.2, 0.25) is 0 Å². The Balaban J connectivity index is 1.81. The number of ether oxygens (including phenoxy) is 2. The number of rotatable bonds is 5. The van der Waals surface area contributed by atoms with E-state index in [-0.39, 0.29) is 5.91 Å². The van der Waals surface area contributed by atoms with Crippen molar-refractivity contribution in [2.45, 2.75) is 26.8 Å². The molecule has 0 spiro atoms. The lowest BCUT2D eigenvalue weighted by Gasteiger charge is -2.29. The van der Waals surface area contributed by atoms with E-state index in [1.54, 1.807) is 6.07 Å². The zero-order chi connectivity index (χ0) is 16.9. The molecule has 0 radical (unpaired) electrons. The van der Waals surface area contributed by atoms with E-state index in [4.69, 9.17) is 9.47 Å². The summed E-state index contributed by atoms with van der Waals surface area (Å²) >= 11 is 0. The number of amides is 1. The van der Waals surface area contributed by atoms with E-state index in [0.29, 0.717) is 36.8 Å². The van der Waals surface area contributed by atoms with Crippen molar-refractivity contribution in [1.29, 1.82) is 0 Å². The van der Waals surface area contributed by atoms with Gasteiger partial charge in [-0.3, -0.25) is 4.79 Å². The van der Waals surface area contributed by atoms with Gasteiger partial charge >= 0.3 is 0 Å². The van der Waals surface area contributed by atoms with Gasteiger partial charge in [-0.25, -0.2) is 0 Å². The molecule has 0 saturated heterocycles. The van der Waals surface area contributed by atoms with Crippen LogP contribution in [0.15, 0.2) is 42.5 Å². The Labute approximate surface area is 143 Å². The topological polar surface area (TPSA) is 38.8 Å². The maximum atomic E-state index is 12.9. The highest BCUT2D eigenvalue weighted by Gasteiger charge is 2.22. The molecule has 2 aromatic carbocycles. The first kappa shape index (κ1) is 16.4. The van der Waals surface area contributed by atoms with Gasteiger partial charge in [0.15, 0.2) is 11.5 Å². The highest BCUT2D eigenvalue weighted by molar-refractivity contribution is 5.95. The van der Waals surface area contributed by atoms with Crippen LogP contribution >= 0.6 is 0 Å². The summed E-state index contributed by atoms with van der Waals surface area (Å²) in [6.07, 6.45) is 0.900. The summed E-state index contributed by atoms with van der Waals surface area (Å²) in [4.78, 5) is 14.8. The summed E-state index contributed by atoms with van der Waals surface area (Å²) in [5.41, 5.74) is 3.21. The average molecular weight is 325 g/mol. The number of nitrogens with zero attached hydrogens (tertiary/aromatic N) is 1. The average Bonchev–Trinajstić information content (AvgIpc) is 2.62. The number of fused-ring (bicyclic) bond motifs is 1. The highest BCUT2D eigenvalue weighted by atomic mass is 16.5. The molecule has 0 unspecified atom stereocenters. The first-order valence-electron chi connectivity index (χ1n) is 8.48. The van der Waals surface area contributed by atoms with Gasteiger partial charge in [0.1, 0.15) is 0 Å². The quantitative estimate of drug-likeness (QED) is 0.842. The van der Waals surface area contributed by atoms with Crippen LogP contribution in [0.2, 0.25) is 0 Å². The van der Waals surface area contributed by atoms with Crippen LogP contribution in [0.25, 0.3) is 0 Å². The van der Waals surface area contributed by atoms with Crippen LogP contribution in [0.4, 0.5) is 0 Å². The zero-order valence-corrected chi connectivity index (χ0v) is 14.2. The predicted octanol–water partition coefficient (Wildman–Crippen LogP) is 3.68. The van der Waals surface area contributed by atoms with Crippen molar-refractivity contribution in [1.82, 2.24) is 4.90 Å². The number of hydrogen-bond donors (Lipinski definition) is 0. The van der Waals surface area contributed by atoms with Crippen molar-refractivity contribution in [2.24, 2.45) is 0 Å². The molecule has 126 valence electrons. The molecule has 2 aromatic rings. The Hall–Kier alpha value is -2.49. The van der Waals surface area contributed by atoms with Crippen molar-refractivity contribution in [3.05, 3.63) is 59.2 Å². The molecular formula is C20H23NO3. The monoisotopic (exact) mass is 325 g/mol. The highest BCUT2D eigenvalue weighted by Crippen LogP contribution is 2.30. The van der Waals surface area contributed by atoms with E-state index in [2.05, 4.69) is 18.2 Å². The number of hydrogen-bond acceptors (Lipinski definition) is 3. The molecule has 0 aromatic heterocycles. The molecule has 0 atom stereocenters. The van der Waals surface area contributed by atoms with E-state index in [1.807, 2.05) is 36.9 Å². The van der Waals surface area contributed by atoms with E-state index < -0.39 is 0 Å². The van der Waals surface area contributed by atoms with Crippen LogP contribution in [0.5, 0.6) is 11.5 Å². The zero-order valence-electron chi connectivity index (χ0n) is 14.2.